The first-order valence-electron chi connectivity index (χ1n) is 7.40. The van der Waals surface area contributed by atoms with Crippen molar-refractivity contribution in [1.82, 2.24) is 9.29 Å². The van der Waals surface area contributed by atoms with Gasteiger partial charge in [0.25, 0.3) is 0 Å². The summed E-state index contributed by atoms with van der Waals surface area (Å²) in [6, 6.07) is 3.27. The van der Waals surface area contributed by atoms with Crippen molar-refractivity contribution >= 4 is 15.8 Å². The number of anilines is 1. The van der Waals surface area contributed by atoms with Gasteiger partial charge in [-0.15, -0.1) is 0 Å². The second-order valence-electron chi connectivity index (χ2n) is 5.80. The van der Waals surface area contributed by atoms with Gasteiger partial charge < -0.3 is 10.4 Å². The Bertz CT molecular complexity index is 602. The topological polar surface area (TPSA) is 82.5 Å². The van der Waals surface area contributed by atoms with E-state index in [-0.39, 0.29) is 16.9 Å². The largest absolute Gasteiger partial charge is 0.393 e. The lowest BCUT2D eigenvalue weighted by Crippen LogP contribution is -2.31. The van der Waals surface area contributed by atoms with E-state index in [1.165, 1.54) is 10.5 Å². The number of aliphatic hydroxyl groups is 1. The Morgan fingerprint density at radius 1 is 1.38 bits per heavy atom. The van der Waals surface area contributed by atoms with E-state index < -0.39 is 10.0 Å². The summed E-state index contributed by atoms with van der Waals surface area (Å²) in [5, 5.41) is 12.9. The maximum absolute atomic E-state index is 12.6. The number of hydrogen-bond donors (Lipinski definition) is 2. The van der Waals surface area contributed by atoms with Crippen LogP contribution in [-0.4, -0.2) is 48.6 Å². The smallest absolute Gasteiger partial charge is 0.244 e. The zero-order valence-corrected chi connectivity index (χ0v) is 12.9. The van der Waals surface area contributed by atoms with Crippen LogP contribution in [0.25, 0.3) is 0 Å². The summed E-state index contributed by atoms with van der Waals surface area (Å²) in [7, 11) is -3.50. The number of nitrogens with zero attached hydrogens (tertiary/aromatic N) is 2. The fraction of sp³-hybridized carbons (Fsp3) is 0.643. The van der Waals surface area contributed by atoms with Gasteiger partial charge in [-0.1, -0.05) is 0 Å². The number of sulfonamides is 1. The van der Waals surface area contributed by atoms with Crippen LogP contribution in [0.2, 0.25) is 0 Å². The molecule has 2 aliphatic rings. The summed E-state index contributed by atoms with van der Waals surface area (Å²) in [5.41, 5.74) is 0. The lowest BCUT2D eigenvalue weighted by atomic mass is 10.00. The van der Waals surface area contributed by atoms with Crippen LogP contribution in [0.15, 0.2) is 23.2 Å². The molecule has 1 saturated carbocycles. The molecule has 1 aliphatic carbocycles. The molecule has 2 N–H and O–H groups in total. The quantitative estimate of drug-likeness (QED) is 0.863. The molecule has 1 aliphatic heterocycles. The molecule has 2 fully saturated rings. The molecular formula is C14H21N3O3S. The first kappa shape index (κ1) is 14.7. The zero-order valence-electron chi connectivity index (χ0n) is 12.1. The first-order valence-corrected chi connectivity index (χ1v) is 8.84. The molecule has 0 amide bonds. The molecular weight excluding hydrogens is 290 g/mol. The molecule has 6 nitrogen and oxygen atoms in total. The Labute approximate surface area is 125 Å². The minimum Gasteiger partial charge on any atom is -0.393 e. The predicted octanol–water partition coefficient (Wildman–Crippen LogP) is 0.905. The highest BCUT2D eigenvalue weighted by Crippen LogP contribution is 2.39. The number of aromatic nitrogens is 1. The van der Waals surface area contributed by atoms with Crippen molar-refractivity contribution in [2.45, 2.75) is 30.8 Å². The lowest BCUT2D eigenvalue weighted by Gasteiger charge is -2.18. The molecule has 1 aromatic heterocycles. The van der Waals surface area contributed by atoms with E-state index in [0.29, 0.717) is 24.8 Å². The first-order chi connectivity index (χ1) is 10.0. The molecule has 0 radical (unpaired) electrons. The van der Waals surface area contributed by atoms with Crippen LogP contribution in [0.5, 0.6) is 0 Å². The minimum absolute atomic E-state index is 0.0914. The highest BCUT2D eigenvalue weighted by atomic mass is 32.2. The van der Waals surface area contributed by atoms with Crippen molar-refractivity contribution in [1.29, 1.82) is 0 Å². The molecule has 116 valence electrons. The Morgan fingerprint density at radius 3 is 2.81 bits per heavy atom. The Hall–Kier alpha value is -1.18. The molecule has 1 aromatic rings. The number of hydrogen-bond acceptors (Lipinski definition) is 5. The van der Waals surface area contributed by atoms with Gasteiger partial charge in [-0.25, -0.2) is 13.4 Å². The van der Waals surface area contributed by atoms with Crippen molar-refractivity contribution in [2.24, 2.45) is 11.8 Å². The van der Waals surface area contributed by atoms with Gasteiger partial charge >= 0.3 is 0 Å². The predicted molar refractivity (Wildman–Crippen MR) is 79.4 cm³/mol. The van der Waals surface area contributed by atoms with Crippen molar-refractivity contribution in [2.75, 3.05) is 25.0 Å². The molecule has 0 bridgehead atoms. The molecule has 1 saturated heterocycles. The highest BCUT2D eigenvalue weighted by molar-refractivity contribution is 7.89. The van der Waals surface area contributed by atoms with Gasteiger partial charge in [0.05, 0.1) is 6.10 Å². The van der Waals surface area contributed by atoms with Gasteiger partial charge in [0, 0.05) is 31.7 Å². The second-order valence-corrected chi connectivity index (χ2v) is 7.74. The van der Waals surface area contributed by atoms with Gasteiger partial charge in [0.1, 0.15) is 10.7 Å². The van der Waals surface area contributed by atoms with Crippen LogP contribution in [-0.2, 0) is 10.0 Å². The Morgan fingerprint density at radius 2 is 2.19 bits per heavy atom. The normalized spacial score (nSPS) is 29.5. The maximum atomic E-state index is 12.6. The lowest BCUT2D eigenvalue weighted by molar-refractivity contribution is 0.129. The van der Waals surface area contributed by atoms with E-state index in [9.17, 15) is 13.5 Å². The number of aliphatic hydroxyl groups excluding tert-OH is 1. The zero-order chi connectivity index (χ0) is 15.0. The summed E-state index contributed by atoms with van der Waals surface area (Å²) < 4.78 is 26.7. The van der Waals surface area contributed by atoms with Crippen LogP contribution in [0, 0.1) is 11.8 Å². The number of pyridine rings is 1. The third kappa shape index (κ3) is 2.65. The Kier molecular flexibility index (Phi) is 3.90. The van der Waals surface area contributed by atoms with Crippen LogP contribution < -0.4 is 5.32 Å². The molecule has 2 heterocycles. The summed E-state index contributed by atoms with van der Waals surface area (Å²) >= 11 is 0. The Balaban J connectivity index is 1.78. The van der Waals surface area contributed by atoms with E-state index >= 15 is 0 Å². The summed E-state index contributed by atoms with van der Waals surface area (Å²) in [4.78, 5) is 4.35. The van der Waals surface area contributed by atoms with Gasteiger partial charge in [-0.3, -0.25) is 0 Å². The average Bonchev–Trinajstić information content (AvgIpc) is 3.03. The van der Waals surface area contributed by atoms with Gasteiger partial charge in [-0.05, 0) is 37.8 Å². The van der Waals surface area contributed by atoms with Crippen molar-refractivity contribution < 1.29 is 13.5 Å². The number of rotatable bonds is 4. The third-order valence-electron chi connectivity index (χ3n) is 4.52. The highest BCUT2D eigenvalue weighted by Gasteiger charge is 2.45. The number of fused-ring (bicyclic) bond motifs is 1. The summed E-state index contributed by atoms with van der Waals surface area (Å²) in [6.45, 7) is 3.63. The van der Waals surface area contributed by atoms with Crippen LogP contribution in [0.4, 0.5) is 5.82 Å². The molecule has 3 unspecified atom stereocenters. The molecule has 21 heavy (non-hydrogen) atoms. The van der Waals surface area contributed by atoms with E-state index in [2.05, 4.69) is 10.3 Å². The van der Waals surface area contributed by atoms with E-state index in [1.54, 1.807) is 12.1 Å². The van der Waals surface area contributed by atoms with Crippen molar-refractivity contribution in [3.63, 3.8) is 0 Å². The fourth-order valence-electron chi connectivity index (χ4n) is 3.36. The maximum Gasteiger partial charge on any atom is 0.244 e. The fourth-order valence-corrected chi connectivity index (χ4v) is 4.84. The standard InChI is InChI=1S/C14H21N3O3S/c1-2-15-14-6-4-11(7-16-14)21(19,20)17-8-10-3-5-13(18)12(10)9-17/h4,6-7,10,12-13,18H,2-3,5,8-9H2,1H3,(H,15,16). The second kappa shape index (κ2) is 5.55. The monoisotopic (exact) mass is 311 g/mol. The van der Waals surface area contributed by atoms with Gasteiger partial charge in [0.15, 0.2) is 0 Å². The molecule has 0 spiro atoms. The van der Waals surface area contributed by atoms with Gasteiger partial charge in [-0.2, -0.15) is 4.31 Å². The third-order valence-corrected chi connectivity index (χ3v) is 6.33. The van der Waals surface area contributed by atoms with Gasteiger partial charge in [0.2, 0.25) is 10.0 Å². The molecule has 7 heteroatoms. The average molecular weight is 311 g/mol. The van der Waals surface area contributed by atoms with Crippen LogP contribution >= 0.6 is 0 Å². The SMILES string of the molecule is CCNc1ccc(S(=O)(=O)N2CC3CCC(O)C3C2)cn1. The van der Waals surface area contributed by atoms with Crippen LogP contribution in [0.3, 0.4) is 0 Å². The van der Waals surface area contributed by atoms with E-state index in [0.717, 1.165) is 19.4 Å². The molecule has 0 aromatic carbocycles. The number of nitrogens with one attached hydrogen (secondary N) is 1. The summed E-state index contributed by atoms with van der Waals surface area (Å²) in [5.74, 6) is 1.06. The van der Waals surface area contributed by atoms with E-state index in [4.69, 9.17) is 0 Å². The minimum atomic E-state index is -3.50. The van der Waals surface area contributed by atoms with Crippen molar-refractivity contribution in [3.05, 3.63) is 18.3 Å². The summed E-state index contributed by atoms with van der Waals surface area (Å²) in [6.07, 6.45) is 2.75. The molecule has 3 rings (SSSR count). The van der Waals surface area contributed by atoms with Crippen LogP contribution in [0.1, 0.15) is 19.8 Å². The molecule has 3 atom stereocenters. The van der Waals surface area contributed by atoms with Crippen molar-refractivity contribution in [3.8, 4) is 0 Å². The van der Waals surface area contributed by atoms with E-state index in [1.807, 2.05) is 6.92 Å².